The minimum absolute atomic E-state index is 0.172. The topological polar surface area (TPSA) is 54.7 Å². The van der Waals surface area contributed by atoms with Crippen molar-refractivity contribution in [2.45, 2.75) is 51.8 Å². The van der Waals surface area contributed by atoms with Gasteiger partial charge in [0.1, 0.15) is 0 Å². The van der Waals surface area contributed by atoms with Gasteiger partial charge in [-0.3, -0.25) is 9.69 Å². The van der Waals surface area contributed by atoms with Crippen LogP contribution in [-0.2, 0) is 17.8 Å². The second-order valence-corrected chi connectivity index (χ2v) is 6.78. The molecular weight excluding hydrogens is 280 g/mol. The van der Waals surface area contributed by atoms with E-state index in [1.54, 1.807) is 12.3 Å². The van der Waals surface area contributed by atoms with Gasteiger partial charge in [-0.2, -0.15) is 0 Å². The summed E-state index contributed by atoms with van der Waals surface area (Å²) in [6.45, 7) is 6.74. The fourth-order valence-corrected chi connectivity index (χ4v) is 3.58. The van der Waals surface area contributed by atoms with Gasteiger partial charge in [0.05, 0.1) is 12.3 Å². The molecule has 1 N–H and O–H groups in total. The third kappa shape index (κ3) is 3.70. The molecular formula is C17H26N2O3. The quantitative estimate of drug-likeness (QED) is 0.924. The van der Waals surface area contributed by atoms with Gasteiger partial charge in [0.25, 0.3) is 0 Å². The van der Waals surface area contributed by atoms with Gasteiger partial charge in [-0.25, -0.2) is 0 Å². The molecule has 3 heterocycles. The number of aromatic hydroxyl groups is 1. The number of ether oxygens (including phenoxy) is 1. The van der Waals surface area contributed by atoms with Crippen LogP contribution < -0.4 is 5.43 Å². The smallest absolute Gasteiger partial charge is 0.223 e. The first-order valence-electron chi connectivity index (χ1n) is 8.38. The highest BCUT2D eigenvalue weighted by atomic mass is 16.5. The molecule has 3 rings (SSSR count). The van der Waals surface area contributed by atoms with Crippen molar-refractivity contribution in [3.63, 3.8) is 0 Å². The van der Waals surface area contributed by atoms with Crippen molar-refractivity contribution in [2.24, 2.45) is 5.92 Å². The lowest BCUT2D eigenvalue weighted by molar-refractivity contribution is 0.0944. The van der Waals surface area contributed by atoms with E-state index in [9.17, 15) is 9.90 Å². The molecule has 0 radical (unpaired) electrons. The molecule has 22 heavy (non-hydrogen) atoms. The number of pyridine rings is 1. The Morgan fingerprint density at radius 1 is 1.36 bits per heavy atom. The summed E-state index contributed by atoms with van der Waals surface area (Å²) < 4.78 is 7.70. The standard InChI is InChI=1S/C17H26N2O3/c1-13-4-2-6-18(9-13)10-14-8-16(20)17(21)12-19(14)11-15-5-3-7-22-15/h8,12-13,15,21H,2-7,9-11H2,1H3. The molecule has 122 valence electrons. The third-order valence-electron chi connectivity index (χ3n) is 4.75. The third-order valence-corrected chi connectivity index (χ3v) is 4.75. The molecule has 2 aliphatic rings. The summed E-state index contributed by atoms with van der Waals surface area (Å²) in [6, 6.07) is 1.59. The van der Waals surface area contributed by atoms with Gasteiger partial charge < -0.3 is 14.4 Å². The zero-order chi connectivity index (χ0) is 15.5. The number of likely N-dealkylation sites (tertiary alicyclic amines) is 1. The molecule has 2 fully saturated rings. The number of piperidine rings is 1. The molecule has 1 aromatic heterocycles. The van der Waals surface area contributed by atoms with Crippen molar-refractivity contribution in [3.05, 3.63) is 28.2 Å². The van der Waals surface area contributed by atoms with Gasteiger partial charge in [-0.15, -0.1) is 0 Å². The summed E-state index contributed by atoms with van der Waals surface area (Å²) in [4.78, 5) is 14.2. The normalized spacial score (nSPS) is 26.4. The van der Waals surface area contributed by atoms with Gasteiger partial charge in [0.2, 0.25) is 5.43 Å². The van der Waals surface area contributed by atoms with Gasteiger partial charge in [-0.05, 0) is 38.1 Å². The Hall–Kier alpha value is -1.33. The van der Waals surface area contributed by atoms with Crippen molar-refractivity contribution in [3.8, 4) is 5.75 Å². The second kappa shape index (κ2) is 6.84. The second-order valence-electron chi connectivity index (χ2n) is 6.78. The molecule has 0 amide bonds. The maximum Gasteiger partial charge on any atom is 0.223 e. The monoisotopic (exact) mass is 306 g/mol. The van der Waals surface area contributed by atoms with E-state index < -0.39 is 0 Å². The van der Waals surface area contributed by atoms with E-state index >= 15 is 0 Å². The Morgan fingerprint density at radius 3 is 2.95 bits per heavy atom. The molecule has 1 aromatic rings. The summed E-state index contributed by atoms with van der Waals surface area (Å²) in [5.74, 6) is 0.540. The molecule has 5 nitrogen and oxygen atoms in total. The van der Waals surface area contributed by atoms with E-state index in [2.05, 4.69) is 11.8 Å². The highest BCUT2D eigenvalue weighted by Gasteiger charge is 2.20. The highest BCUT2D eigenvalue weighted by Crippen LogP contribution is 2.20. The first-order chi connectivity index (χ1) is 10.6. The maximum atomic E-state index is 11.8. The van der Waals surface area contributed by atoms with Crippen LogP contribution in [0.25, 0.3) is 0 Å². The Bertz CT molecular complexity index is 564. The van der Waals surface area contributed by atoms with Crippen LogP contribution in [0.3, 0.4) is 0 Å². The van der Waals surface area contributed by atoms with Gasteiger partial charge >= 0.3 is 0 Å². The number of hydrogen-bond donors (Lipinski definition) is 1. The molecule has 2 aliphatic heterocycles. The Balaban J connectivity index is 1.78. The molecule has 0 bridgehead atoms. The lowest BCUT2D eigenvalue weighted by atomic mass is 10.0. The van der Waals surface area contributed by atoms with Crippen LogP contribution in [0.2, 0.25) is 0 Å². The molecule has 2 saturated heterocycles. The van der Waals surface area contributed by atoms with E-state index in [-0.39, 0.29) is 17.3 Å². The average molecular weight is 306 g/mol. The van der Waals surface area contributed by atoms with Crippen LogP contribution in [0.1, 0.15) is 38.3 Å². The van der Waals surface area contributed by atoms with Crippen molar-refractivity contribution in [1.82, 2.24) is 9.47 Å². The highest BCUT2D eigenvalue weighted by molar-refractivity contribution is 5.20. The molecule has 0 saturated carbocycles. The van der Waals surface area contributed by atoms with E-state index in [0.29, 0.717) is 12.5 Å². The lowest BCUT2D eigenvalue weighted by Gasteiger charge is -2.31. The number of nitrogens with zero attached hydrogens (tertiary/aromatic N) is 2. The van der Waals surface area contributed by atoms with Crippen molar-refractivity contribution < 1.29 is 9.84 Å². The van der Waals surface area contributed by atoms with E-state index in [0.717, 1.165) is 44.8 Å². The summed E-state index contributed by atoms with van der Waals surface area (Å²) in [5, 5.41) is 9.76. The zero-order valence-corrected chi connectivity index (χ0v) is 13.3. The molecule has 0 aliphatic carbocycles. The lowest BCUT2D eigenvalue weighted by Crippen LogP contribution is -2.35. The maximum absolute atomic E-state index is 11.8. The summed E-state index contributed by atoms with van der Waals surface area (Å²) in [6.07, 6.45) is 6.42. The summed E-state index contributed by atoms with van der Waals surface area (Å²) >= 11 is 0. The predicted octanol–water partition coefficient (Wildman–Crippen LogP) is 1.96. The van der Waals surface area contributed by atoms with Crippen LogP contribution in [0, 0.1) is 5.92 Å². The zero-order valence-electron chi connectivity index (χ0n) is 13.3. The minimum atomic E-state index is -0.288. The first-order valence-corrected chi connectivity index (χ1v) is 8.38. The van der Waals surface area contributed by atoms with E-state index in [4.69, 9.17) is 4.74 Å². The van der Waals surface area contributed by atoms with Crippen molar-refractivity contribution in [1.29, 1.82) is 0 Å². The van der Waals surface area contributed by atoms with Gasteiger partial charge in [0, 0.05) is 38.0 Å². The predicted molar refractivity (Wildman–Crippen MR) is 85.0 cm³/mol. The fraction of sp³-hybridized carbons (Fsp3) is 0.706. The summed E-state index contributed by atoms with van der Waals surface area (Å²) in [7, 11) is 0. The van der Waals surface area contributed by atoms with Gasteiger partial charge in [-0.1, -0.05) is 6.92 Å². The largest absolute Gasteiger partial charge is 0.503 e. The van der Waals surface area contributed by atoms with Crippen LogP contribution in [0.5, 0.6) is 5.75 Å². The summed E-state index contributed by atoms with van der Waals surface area (Å²) in [5.41, 5.74) is 0.691. The SMILES string of the molecule is CC1CCCN(Cc2cc(=O)c(O)cn2CC2CCCO2)C1. The van der Waals surface area contributed by atoms with Crippen molar-refractivity contribution in [2.75, 3.05) is 19.7 Å². The molecule has 0 aromatic carbocycles. The number of hydrogen-bond acceptors (Lipinski definition) is 4. The molecule has 0 spiro atoms. The van der Waals surface area contributed by atoms with E-state index in [1.807, 2.05) is 4.57 Å². The first kappa shape index (κ1) is 15.6. The van der Waals surface area contributed by atoms with E-state index in [1.165, 1.54) is 12.8 Å². The molecule has 2 unspecified atom stereocenters. The Labute approximate surface area is 131 Å². The fourth-order valence-electron chi connectivity index (χ4n) is 3.58. The Morgan fingerprint density at radius 2 is 2.23 bits per heavy atom. The van der Waals surface area contributed by atoms with Crippen LogP contribution in [0.4, 0.5) is 0 Å². The van der Waals surface area contributed by atoms with Crippen LogP contribution >= 0.6 is 0 Å². The molecule has 2 atom stereocenters. The molecule has 5 heteroatoms. The van der Waals surface area contributed by atoms with Crippen molar-refractivity contribution >= 4 is 0 Å². The minimum Gasteiger partial charge on any atom is -0.503 e. The number of aromatic nitrogens is 1. The average Bonchev–Trinajstić information content (AvgIpc) is 2.97. The Kier molecular flexibility index (Phi) is 4.84. The van der Waals surface area contributed by atoms with Crippen LogP contribution in [-0.4, -0.2) is 40.4 Å². The number of rotatable bonds is 4. The van der Waals surface area contributed by atoms with Gasteiger partial charge in [0.15, 0.2) is 5.75 Å². The van der Waals surface area contributed by atoms with Crippen LogP contribution in [0.15, 0.2) is 17.1 Å².